The molecule has 1 saturated carbocycles. The summed E-state index contributed by atoms with van der Waals surface area (Å²) in [6, 6.07) is -0.789. The van der Waals surface area contributed by atoms with Gasteiger partial charge in [0.25, 0.3) is 5.91 Å². The van der Waals surface area contributed by atoms with Crippen molar-refractivity contribution in [1.82, 2.24) is 9.80 Å². The highest BCUT2D eigenvalue weighted by atomic mass is 32.2. The molecule has 112 valence electrons. The highest BCUT2D eigenvalue weighted by Crippen LogP contribution is 2.41. The molecular weight excluding hydrogens is 280 g/mol. The van der Waals surface area contributed by atoms with E-state index in [0.717, 1.165) is 19.3 Å². The van der Waals surface area contributed by atoms with Gasteiger partial charge in [-0.1, -0.05) is 19.3 Å². The number of imide groups is 1. The Morgan fingerprint density at radius 2 is 1.80 bits per heavy atom. The van der Waals surface area contributed by atoms with Crippen LogP contribution in [0.5, 0.6) is 0 Å². The molecule has 3 rings (SSSR count). The van der Waals surface area contributed by atoms with Crippen LogP contribution in [0.4, 0.5) is 4.79 Å². The van der Waals surface area contributed by atoms with E-state index in [4.69, 9.17) is 0 Å². The summed E-state index contributed by atoms with van der Waals surface area (Å²) in [5, 5.41) is 0. The van der Waals surface area contributed by atoms with Crippen LogP contribution in [0.3, 0.4) is 0 Å². The van der Waals surface area contributed by atoms with Crippen molar-refractivity contribution >= 4 is 21.8 Å². The zero-order valence-corrected chi connectivity index (χ0v) is 12.5. The molecule has 0 bridgehead atoms. The molecule has 6 nitrogen and oxygen atoms in total. The van der Waals surface area contributed by atoms with Crippen LogP contribution in [-0.4, -0.2) is 60.3 Å². The monoisotopic (exact) mass is 300 g/mol. The van der Waals surface area contributed by atoms with Crippen molar-refractivity contribution < 1.29 is 18.0 Å². The number of hydrogen-bond donors (Lipinski definition) is 0. The van der Waals surface area contributed by atoms with E-state index in [9.17, 15) is 18.0 Å². The molecule has 3 fully saturated rings. The minimum Gasteiger partial charge on any atom is -0.313 e. The smallest absolute Gasteiger partial charge is 0.313 e. The predicted octanol–water partition coefficient (Wildman–Crippen LogP) is 0.770. The Morgan fingerprint density at radius 3 is 2.35 bits per heavy atom. The molecule has 0 radical (unpaired) electrons. The van der Waals surface area contributed by atoms with E-state index in [1.54, 1.807) is 11.9 Å². The van der Waals surface area contributed by atoms with Crippen molar-refractivity contribution in [1.29, 1.82) is 0 Å². The standard InChI is InChI=1S/C13H20N2O4S/c1-14-12(17)15(10-5-8-20(18,19)9-10)11(16)13(14)6-3-2-4-7-13/h10H,2-9H2,1H3/t10-/m0/s1. The van der Waals surface area contributed by atoms with Gasteiger partial charge in [0.15, 0.2) is 9.84 Å². The molecule has 20 heavy (non-hydrogen) atoms. The molecule has 1 atom stereocenters. The molecule has 3 amide bonds. The Bertz CT molecular complexity index is 551. The number of amides is 3. The molecule has 0 unspecified atom stereocenters. The van der Waals surface area contributed by atoms with Crippen LogP contribution in [0.25, 0.3) is 0 Å². The first-order valence-corrected chi connectivity index (χ1v) is 9.01. The Balaban J connectivity index is 1.90. The average Bonchev–Trinajstić information content (AvgIpc) is 2.85. The van der Waals surface area contributed by atoms with Gasteiger partial charge in [-0.3, -0.25) is 9.69 Å². The Morgan fingerprint density at radius 1 is 1.15 bits per heavy atom. The van der Waals surface area contributed by atoms with Crippen molar-refractivity contribution in [2.24, 2.45) is 0 Å². The van der Waals surface area contributed by atoms with Gasteiger partial charge in [0.2, 0.25) is 0 Å². The lowest BCUT2D eigenvalue weighted by atomic mass is 9.80. The zero-order valence-electron chi connectivity index (χ0n) is 11.7. The first kappa shape index (κ1) is 13.9. The van der Waals surface area contributed by atoms with Gasteiger partial charge in [-0.2, -0.15) is 0 Å². The average molecular weight is 300 g/mol. The molecule has 0 aromatic heterocycles. The second-order valence-corrected chi connectivity index (χ2v) is 8.39. The van der Waals surface area contributed by atoms with Gasteiger partial charge in [0.05, 0.1) is 17.5 Å². The Kier molecular flexibility index (Phi) is 3.08. The van der Waals surface area contributed by atoms with E-state index in [1.807, 2.05) is 0 Å². The minimum absolute atomic E-state index is 0.0748. The van der Waals surface area contributed by atoms with E-state index in [2.05, 4.69) is 0 Å². The van der Waals surface area contributed by atoms with Gasteiger partial charge in [-0.25, -0.2) is 13.2 Å². The third-order valence-corrected chi connectivity index (χ3v) is 6.76. The van der Waals surface area contributed by atoms with Gasteiger partial charge >= 0.3 is 6.03 Å². The summed E-state index contributed by atoms with van der Waals surface area (Å²) in [7, 11) is -1.43. The summed E-state index contributed by atoms with van der Waals surface area (Å²) < 4.78 is 23.2. The van der Waals surface area contributed by atoms with Crippen LogP contribution in [0, 0.1) is 0 Å². The maximum atomic E-state index is 12.8. The lowest BCUT2D eigenvalue weighted by Gasteiger charge is -2.36. The molecule has 2 saturated heterocycles. The normalized spacial score (nSPS) is 32.4. The summed E-state index contributed by atoms with van der Waals surface area (Å²) in [6.45, 7) is 0. The quantitative estimate of drug-likeness (QED) is 0.670. The van der Waals surface area contributed by atoms with Crippen molar-refractivity contribution in [3.05, 3.63) is 0 Å². The fourth-order valence-electron chi connectivity index (χ4n) is 3.79. The SMILES string of the molecule is CN1C(=O)N([C@H]2CCS(=O)(=O)C2)C(=O)C12CCCCC2. The van der Waals surface area contributed by atoms with Crippen LogP contribution in [0.15, 0.2) is 0 Å². The Labute approximate surface area is 119 Å². The van der Waals surface area contributed by atoms with E-state index in [1.165, 1.54) is 4.90 Å². The number of nitrogens with zero attached hydrogens (tertiary/aromatic N) is 2. The lowest BCUT2D eigenvalue weighted by molar-refractivity contribution is -0.135. The molecule has 0 N–H and O–H groups in total. The fraction of sp³-hybridized carbons (Fsp3) is 0.846. The highest BCUT2D eigenvalue weighted by molar-refractivity contribution is 7.91. The molecule has 2 heterocycles. The molecule has 1 aliphatic carbocycles. The van der Waals surface area contributed by atoms with Gasteiger partial charge in [-0.15, -0.1) is 0 Å². The second-order valence-electron chi connectivity index (χ2n) is 6.17. The molecule has 3 aliphatic rings. The number of sulfone groups is 1. The van der Waals surface area contributed by atoms with E-state index in [0.29, 0.717) is 19.3 Å². The molecule has 0 aromatic carbocycles. The van der Waals surface area contributed by atoms with Crippen LogP contribution >= 0.6 is 0 Å². The third-order valence-electron chi connectivity index (χ3n) is 5.01. The second kappa shape index (κ2) is 4.44. The number of rotatable bonds is 1. The fourth-order valence-corrected chi connectivity index (χ4v) is 5.49. The third kappa shape index (κ3) is 1.86. The van der Waals surface area contributed by atoms with Crippen LogP contribution in [0.1, 0.15) is 38.5 Å². The highest BCUT2D eigenvalue weighted by Gasteiger charge is 2.58. The van der Waals surface area contributed by atoms with Crippen LogP contribution in [-0.2, 0) is 14.6 Å². The van der Waals surface area contributed by atoms with Crippen molar-refractivity contribution in [3.8, 4) is 0 Å². The maximum absolute atomic E-state index is 12.8. The van der Waals surface area contributed by atoms with Crippen LogP contribution < -0.4 is 0 Å². The van der Waals surface area contributed by atoms with Gasteiger partial charge in [0, 0.05) is 7.05 Å². The van der Waals surface area contributed by atoms with Gasteiger partial charge < -0.3 is 4.90 Å². The first-order chi connectivity index (χ1) is 9.37. The summed E-state index contributed by atoms with van der Waals surface area (Å²) in [6.07, 6.45) is 4.76. The first-order valence-electron chi connectivity index (χ1n) is 7.19. The summed E-state index contributed by atoms with van der Waals surface area (Å²) in [5.41, 5.74) is -0.707. The largest absolute Gasteiger partial charge is 0.327 e. The number of carbonyl (C=O) groups is 2. The van der Waals surface area contributed by atoms with Crippen molar-refractivity contribution in [2.45, 2.75) is 50.1 Å². The summed E-state index contributed by atoms with van der Waals surface area (Å²) in [4.78, 5) is 28.0. The molecule has 1 spiro atoms. The van der Waals surface area contributed by atoms with E-state index < -0.39 is 21.4 Å². The van der Waals surface area contributed by atoms with E-state index in [-0.39, 0.29) is 23.4 Å². The number of urea groups is 1. The zero-order chi connectivity index (χ0) is 14.5. The topological polar surface area (TPSA) is 74.8 Å². The van der Waals surface area contributed by atoms with Gasteiger partial charge in [0.1, 0.15) is 5.54 Å². The van der Waals surface area contributed by atoms with Crippen LogP contribution in [0.2, 0.25) is 0 Å². The number of carbonyl (C=O) groups excluding carboxylic acids is 2. The van der Waals surface area contributed by atoms with E-state index >= 15 is 0 Å². The summed E-state index contributed by atoms with van der Waals surface area (Å²) in [5.74, 6) is -0.174. The molecule has 2 aliphatic heterocycles. The maximum Gasteiger partial charge on any atom is 0.327 e. The van der Waals surface area contributed by atoms with Gasteiger partial charge in [-0.05, 0) is 19.3 Å². The minimum atomic E-state index is -3.10. The van der Waals surface area contributed by atoms with Crippen molar-refractivity contribution in [2.75, 3.05) is 18.6 Å². The molecule has 7 heteroatoms. The molecular formula is C13H20N2O4S. The Hall–Kier alpha value is -1.11. The molecule has 0 aromatic rings. The predicted molar refractivity (Wildman–Crippen MR) is 72.9 cm³/mol. The van der Waals surface area contributed by atoms with Crippen molar-refractivity contribution in [3.63, 3.8) is 0 Å². The number of hydrogen-bond acceptors (Lipinski definition) is 4. The number of likely N-dealkylation sites (N-methyl/N-ethyl adjacent to an activating group) is 1. The lowest BCUT2D eigenvalue weighted by Crippen LogP contribution is -2.49. The summed E-state index contributed by atoms with van der Waals surface area (Å²) >= 11 is 0.